The molecule has 30 heavy (non-hydrogen) atoms. The predicted octanol–water partition coefficient (Wildman–Crippen LogP) is 4.38. The first-order chi connectivity index (χ1) is 14.2. The first-order valence-electron chi connectivity index (χ1n) is 9.36. The van der Waals surface area contributed by atoms with Crippen molar-refractivity contribution in [3.8, 4) is 0 Å². The molecule has 0 spiro atoms. The summed E-state index contributed by atoms with van der Waals surface area (Å²) in [5.41, 5.74) is 1.30. The third-order valence-corrected chi connectivity index (χ3v) is 5.47. The van der Waals surface area contributed by atoms with Gasteiger partial charge in [0.25, 0.3) is 6.43 Å². The Balaban J connectivity index is 1.91. The summed E-state index contributed by atoms with van der Waals surface area (Å²) in [6, 6.07) is 6.95. The van der Waals surface area contributed by atoms with Crippen LogP contribution < -0.4 is 11.0 Å². The van der Waals surface area contributed by atoms with Gasteiger partial charge in [0.15, 0.2) is 5.82 Å². The van der Waals surface area contributed by atoms with E-state index in [-0.39, 0.29) is 11.3 Å². The molecule has 1 atom stereocenters. The third kappa shape index (κ3) is 2.92. The molecular formula is C21H20F3N5O. The molecule has 6 nitrogen and oxygen atoms in total. The molecule has 0 aliphatic heterocycles. The predicted molar refractivity (Wildman–Crippen MR) is 109 cm³/mol. The molecule has 0 bridgehead atoms. The van der Waals surface area contributed by atoms with Crippen LogP contribution in [0.2, 0.25) is 0 Å². The molecule has 0 amide bonds. The summed E-state index contributed by atoms with van der Waals surface area (Å²) in [6.07, 6.45) is -2.91. The molecule has 4 rings (SSSR count). The molecule has 0 saturated heterocycles. The van der Waals surface area contributed by atoms with Crippen LogP contribution in [0.15, 0.2) is 35.1 Å². The van der Waals surface area contributed by atoms with Gasteiger partial charge in [-0.1, -0.05) is 24.3 Å². The van der Waals surface area contributed by atoms with E-state index in [2.05, 4.69) is 15.5 Å². The minimum absolute atomic E-state index is 0.0949. The van der Waals surface area contributed by atoms with Crippen LogP contribution in [0.5, 0.6) is 0 Å². The number of fused-ring (bicyclic) bond motifs is 3. The van der Waals surface area contributed by atoms with E-state index < -0.39 is 23.8 Å². The molecule has 9 heteroatoms. The maximum atomic E-state index is 14.6. The second kappa shape index (κ2) is 7.16. The van der Waals surface area contributed by atoms with Gasteiger partial charge >= 0.3 is 5.69 Å². The Morgan fingerprint density at radius 2 is 1.73 bits per heavy atom. The Morgan fingerprint density at radius 1 is 1.03 bits per heavy atom. The second-order valence-electron chi connectivity index (χ2n) is 7.31. The summed E-state index contributed by atoms with van der Waals surface area (Å²) in [7, 11) is 3.35. The van der Waals surface area contributed by atoms with E-state index in [1.165, 1.54) is 21.3 Å². The quantitative estimate of drug-likeness (QED) is 0.537. The molecule has 156 valence electrons. The van der Waals surface area contributed by atoms with Crippen molar-refractivity contribution in [1.82, 2.24) is 19.3 Å². The molecule has 2 aromatic carbocycles. The van der Waals surface area contributed by atoms with E-state index in [0.29, 0.717) is 27.9 Å². The lowest BCUT2D eigenvalue weighted by atomic mass is 10.0. The number of anilines is 1. The molecule has 0 radical (unpaired) electrons. The van der Waals surface area contributed by atoms with Crippen molar-refractivity contribution in [2.75, 3.05) is 5.32 Å². The number of hydrogen-bond acceptors (Lipinski definition) is 4. The zero-order valence-corrected chi connectivity index (χ0v) is 16.9. The van der Waals surface area contributed by atoms with E-state index in [4.69, 9.17) is 0 Å². The molecule has 0 aliphatic rings. The summed E-state index contributed by atoms with van der Waals surface area (Å²) < 4.78 is 43.9. The van der Waals surface area contributed by atoms with Crippen LogP contribution in [-0.4, -0.2) is 19.3 Å². The Bertz CT molecular complexity index is 1340. The van der Waals surface area contributed by atoms with E-state index in [0.717, 1.165) is 11.5 Å². The number of aryl methyl sites for hydroxylation is 3. The van der Waals surface area contributed by atoms with Crippen molar-refractivity contribution in [3.05, 3.63) is 63.5 Å². The molecular weight excluding hydrogens is 395 g/mol. The van der Waals surface area contributed by atoms with Gasteiger partial charge in [0.1, 0.15) is 5.82 Å². The fourth-order valence-corrected chi connectivity index (χ4v) is 3.84. The number of hydrogen-bond donors (Lipinski definition) is 1. The lowest BCUT2D eigenvalue weighted by Gasteiger charge is -2.19. The Labute approximate surface area is 170 Å². The fourth-order valence-electron chi connectivity index (χ4n) is 3.84. The van der Waals surface area contributed by atoms with Gasteiger partial charge < -0.3 is 5.32 Å². The number of benzene rings is 2. The van der Waals surface area contributed by atoms with Crippen LogP contribution in [0.25, 0.3) is 21.8 Å². The number of imidazole rings is 1. The highest BCUT2D eigenvalue weighted by atomic mass is 19.3. The average molecular weight is 415 g/mol. The number of nitrogens with zero attached hydrogens (tertiary/aromatic N) is 4. The van der Waals surface area contributed by atoms with E-state index in [9.17, 15) is 18.0 Å². The Hall–Kier alpha value is -3.36. The monoisotopic (exact) mass is 415 g/mol. The van der Waals surface area contributed by atoms with Crippen LogP contribution in [0.4, 0.5) is 19.0 Å². The van der Waals surface area contributed by atoms with Crippen LogP contribution in [-0.2, 0) is 14.1 Å². The molecule has 1 N–H and O–H groups in total. The lowest BCUT2D eigenvalue weighted by molar-refractivity contribution is 0.146. The van der Waals surface area contributed by atoms with Crippen LogP contribution in [0, 0.1) is 12.7 Å². The summed E-state index contributed by atoms with van der Waals surface area (Å²) >= 11 is 0. The first kappa shape index (κ1) is 19.9. The van der Waals surface area contributed by atoms with Gasteiger partial charge in [-0.15, -0.1) is 5.10 Å². The van der Waals surface area contributed by atoms with Gasteiger partial charge in [0, 0.05) is 25.0 Å². The van der Waals surface area contributed by atoms with Crippen molar-refractivity contribution in [2.45, 2.75) is 26.3 Å². The maximum absolute atomic E-state index is 14.6. The normalized spacial score (nSPS) is 12.8. The molecule has 0 fully saturated rings. The maximum Gasteiger partial charge on any atom is 0.328 e. The van der Waals surface area contributed by atoms with Gasteiger partial charge in [-0.2, -0.15) is 5.10 Å². The van der Waals surface area contributed by atoms with E-state index in [1.807, 2.05) is 12.1 Å². The summed E-state index contributed by atoms with van der Waals surface area (Å²) in [4.78, 5) is 12.5. The van der Waals surface area contributed by atoms with Gasteiger partial charge in [-0.25, -0.2) is 18.0 Å². The number of nitrogens with one attached hydrogen (secondary N) is 1. The molecule has 0 aliphatic carbocycles. The van der Waals surface area contributed by atoms with Gasteiger partial charge in [-0.05, 0) is 19.9 Å². The van der Waals surface area contributed by atoms with Crippen molar-refractivity contribution in [2.24, 2.45) is 14.1 Å². The highest BCUT2D eigenvalue weighted by molar-refractivity contribution is 6.10. The number of halogens is 3. The molecule has 2 aromatic heterocycles. The average Bonchev–Trinajstić information content (AvgIpc) is 2.94. The summed E-state index contributed by atoms with van der Waals surface area (Å²) in [5, 5.41) is 13.0. The molecule has 0 saturated carbocycles. The van der Waals surface area contributed by atoms with Gasteiger partial charge in [-0.3, -0.25) is 9.13 Å². The standard InChI is InChI=1S/C21H20F3N5O/c1-10(13-6-5-7-14(17(13)22)19(23)24)25-20-16-12(11(2)26-27-20)8-9-15-18(16)29(4)21(30)28(15)3/h5-10,19H,1-4H3,(H,25,27)/t10-/m1/s1. The number of aromatic nitrogens is 4. The van der Waals surface area contributed by atoms with Crippen LogP contribution >= 0.6 is 0 Å². The molecule has 0 unspecified atom stereocenters. The van der Waals surface area contributed by atoms with E-state index >= 15 is 0 Å². The van der Waals surface area contributed by atoms with Gasteiger partial charge in [0.2, 0.25) is 0 Å². The minimum Gasteiger partial charge on any atom is -0.361 e. The summed E-state index contributed by atoms with van der Waals surface area (Å²) in [5.74, 6) is -0.606. The summed E-state index contributed by atoms with van der Waals surface area (Å²) in [6.45, 7) is 3.46. The zero-order valence-electron chi connectivity index (χ0n) is 16.9. The second-order valence-corrected chi connectivity index (χ2v) is 7.31. The molecule has 4 aromatic rings. The van der Waals surface area contributed by atoms with E-state index in [1.54, 1.807) is 27.9 Å². The highest BCUT2D eigenvalue weighted by Crippen LogP contribution is 2.33. The highest BCUT2D eigenvalue weighted by Gasteiger charge is 2.22. The first-order valence-corrected chi connectivity index (χ1v) is 9.36. The Kier molecular flexibility index (Phi) is 4.76. The third-order valence-electron chi connectivity index (χ3n) is 5.47. The Morgan fingerprint density at radius 3 is 2.43 bits per heavy atom. The molecule has 2 heterocycles. The lowest BCUT2D eigenvalue weighted by Crippen LogP contribution is -2.19. The minimum atomic E-state index is -2.91. The van der Waals surface area contributed by atoms with Crippen molar-refractivity contribution in [3.63, 3.8) is 0 Å². The van der Waals surface area contributed by atoms with Crippen molar-refractivity contribution in [1.29, 1.82) is 0 Å². The van der Waals surface area contributed by atoms with Crippen LogP contribution in [0.3, 0.4) is 0 Å². The van der Waals surface area contributed by atoms with Crippen molar-refractivity contribution >= 4 is 27.6 Å². The fraction of sp³-hybridized carbons (Fsp3) is 0.286. The SMILES string of the molecule is Cc1nnc(N[C@H](C)c2cccc(C(F)F)c2F)c2c1ccc1c2n(C)c(=O)n1C. The largest absolute Gasteiger partial charge is 0.361 e. The smallest absolute Gasteiger partial charge is 0.328 e. The zero-order chi connectivity index (χ0) is 21.7. The number of alkyl halides is 2. The van der Waals surface area contributed by atoms with Crippen molar-refractivity contribution < 1.29 is 13.2 Å². The number of rotatable bonds is 4. The van der Waals surface area contributed by atoms with Gasteiger partial charge in [0.05, 0.1) is 33.7 Å². The topological polar surface area (TPSA) is 64.7 Å². The van der Waals surface area contributed by atoms with Crippen LogP contribution in [0.1, 0.15) is 36.2 Å².